The van der Waals surface area contributed by atoms with Gasteiger partial charge in [-0.3, -0.25) is 0 Å². The van der Waals surface area contributed by atoms with E-state index in [2.05, 4.69) is 39.7 Å². The Hall–Kier alpha value is -2.30. The van der Waals surface area contributed by atoms with E-state index in [1.54, 1.807) is 7.11 Å². The summed E-state index contributed by atoms with van der Waals surface area (Å²) in [7, 11) is 3.54. The fraction of sp³-hybridized carbons (Fsp3) is 0.375. The van der Waals surface area contributed by atoms with Gasteiger partial charge in [0.2, 0.25) is 0 Å². The quantitative estimate of drug-likeness (QED) is 0.883. The minimum Gasteiger partial charge on any atom is -0.497 e. The fourth-order valence-corrected chi connectivity index (χ4v) is 2.19. The molecule has 0 aliphatic carbocycles. The molecule has 1 aromatic carbocycles. The van der Waals surface area contributed by atoms with E-state index in [1.165, 1.54) is 5.56 Å². The van der Waals surface area contributed by atoms with Gasteiger partial charge in [0.1, 0.15) is 23.2 Å². The number of hydrogen-bond acceptors (Lipinski definition) is 5. The zero-order valence-corrected chi connectivity index (χ0v) is 13.2. The Labute approximate surface area is 125 Å². The number of anilines is 2. The minimum absolute atomic E-state index is 0.147. The summed E-state index contributed by atoms with van der Waals surface area (Å²) < 4.78 is 5.18. The number of aryl methyl sites for hydroxylation is 1. The van der Waals surface area contributed by atoms with Crippen LogP contribution in [0.1, 0.15) is 29.9 Å². The van der Waals surface area contributed by atoms with Crippen molar-refractivity contribution in [1.29, 1.82) is 0 Å². The zero-order chi connectivity index (χ0) is 15.4. The Morgan fingerprint density at radius 1 is 1.05 bits per heavy atom. The molecule has 21 heavy (non-hydrogen) atoms. The largest absolute Gasteiger partial charge is 0.497 e. The van der Waals surface area contributed by atoms with Crippen LogP contribution in [0, 0.1) is 13.8 Å². The van der Waals surface area contributed by atoms with Crippen LogP contribution in [0.5, 0.6) is 5.75 Å². The molecule has 0 fully saturated rings. The summed E-state index contributed by atoms with van der Waals surface area (Å²) >= 11 is 0. The van der Waals surface area contributed by atoms with Crippen molar-refractivity contribution in [3.8, 4) is 5.75 Å². The Morgan fingerprint density at radius 3 is 2.24 bits per heavy atom. The topological polar surface area (TPSA) is 59.1 Å². The van der Waals surface area contributed by atoms with Gasteiger partial charge in [-0.05, 0) is 38.5 Å². The highest BCUT2D eigenvalue weighted by Crippen LogP contribution is 2.25. The second-order valence-corrected chi connectivity index (χ2v) is 4.98. The first-order chi connectivity index (χ1) is 10.0. The summed E-state index contributed by atoms with van der Waals surface area (Å²) in [6, 6.07) is 8.18. The van der Waals surface area contributed by atoms with Crippen LogP contribution in [-0.2, 0) is 0 Å². The van der Waals surface area contributed by atoms with Crippen molar-refractivity contribution in [1.82, 2.24) is 9.97 Å². The molecule has 2 aromatic rings. The van der Waals surface area contributed by atoms with E-state index in [-0.39, 0.29) is 6.04 Å². The summed E-state index contributed by atoms with van der Waals surface area (Å²) in [5.74, 6) is 3.31. The maximum atomic E-state index is 5.18. The molecule has 5 heteroatoms. The van der Waals surface area contributed by atoms with Gasteiger partial charge in [0, 0.05) is 18.7 Å². The summed E-state index contributed by atoms with van der Waals surface area (Å²) in [5, 5.41) is 6.54. The molecular weight excluding hydrogens is 264 g/mol. The first-order valence-electron chi connectivity index (χ1n) is 6.98. The van der Waals surface area contributed by atoms with Crippen LogP contribution in [0.25, 0.3) is 0 Å². The summed E-state index contributed by atoms with van der Waals surface area (Å²) in [4.78, 5) is 8.87. The van der Waals surface area contributed by atoms with Gasteiger partial charge in [-0.15, -0.1) is 0 Å². The van der Waals surface area contributed by atoms with E-state index in [1.807, 2.05) is 33.0 Å². The molecule has 0 spiro atoms. The lowest BCUT2D eigenvalue weighted by atomic mass is 10.1. The molecule has 0 radical (unpaired) electrons. The Balaban J connectivity index is 2.22. The lowest BCUT2D eigenvalue weighted by Crippen LogP contribution is -2.12. The minimum atomic E-state index is 0.147. The number of nitrogens with zero attached hydrogens (tertiary/aromatic N) is 2. The normalized spacial score (nSPS) is 11.9. The number of hydrogen-bond donors (Lipinski definition) is 2. The second kappa shape index (κ2) is 6.43. The van der Waals surface area contributed by atoms with Crippen LogP contribution in [0.2, 0.25) is 0 Å². The van der Waals surface area contributed by atoms with Gasteiger partial charge in [-0.1, -0.05) is 12.1 Å². The molecule has 0 amide bonds. The third-order valence-electron chi connectivity index (χ3n) is 3.46. The predicted molar refractivity (Wildman–Crippen MR) is 86.1 cm³/mol. The van der Waals surface area contributed by atoms with Gasteiger partial charge < -0.3 is 15.4 Å². The summed E-state index contributed by atoms with van der Waals surface area (Å²) in [6.45, 7) is 6.01. The van der Waals surface area contributed by atoms with E-state index in [4.69, 9.17) is 4.74 Å². The fourth-order valence-electron chi connectivity index (χ4n) is 2.19. The molecule has 5 nitrogen and oxygen atoms in total. The highest BCUT2D eigenvalue weighted by atomic mass is 16.5. The average molecular weight is 286 g/mol. The van der Waals surface area contributed by atoms with Gasteiger partial charge in [-0.25, -0.2) is 9.97 Å². The smallest absolute Gasteiger partial charge is 0.135 e. The SMILES string of the molecule is CNc1nc(C)nc(NC(C)c2ccc(OC)cc2)c1C. The van der Waals surface area contributed by atoms with Crippen LogP contribution < -0.4 is 15.4 Å². The lowest BCUT2D eigenvalue weighted by Gasteiger charge is -2.18. The van der Waals surface area contributed by atoms with E-state index < -0.39 is 0 Å². The van der Waals surface area contributed by atoms with Crippen molar-refractivity contribution in [3.63, 3.8) is 0 Å². The monoisotopic (exact) mass is 286 g/mol. The Morgan fingerprint density at radius 2 is 1.67 bits per heavy atom. The van der Waals surface area contributed by atoms with Crippen LogP contribution >= 0.6 is 0 Å². The van der Waals surface area contributed by atoms with E-state index in [0.29, 0.717) is 0 Å². The van der Waals surface area contributed by atoms with E-state index >= 15 is 0 Å². The molecule has 1 unspecified atom stereocenters. The van der Waals surface area contributed by atoms with Crippen LogP contribution in [-0.4, -0.2) is 24.1 Å². The number of nitrogens with one attached hydrogen (secondary N) is 2. The van der Waals surface area contributed by atoms with Crippen LogP contribution in [0.4, 0.5) is 11.6 Å². The standard InChI is InChI=1S/C16H22N4O/c1-10-15(17-4)19-12(3)20-16(10)18-11(2)13-6-8-14(21-5)9-7-13/h6-9,11H,1-5H3,(H2,17,18,19,20). The van der Waals surface area contributed by atoms with Gasteiger partial charge in [0.15, 0.2) is 0 Å². The van der Waals surface area contributed by atoms with Gasteiger partial charge in [0.25, 0.3) is 0 Å². The number of rotatable bonds is 5. The molecule has 2 rings (SSSR count). The van der Waals surface area contributed by atoms with Crippen molar-refractivity contribution in [3.05, 3.63) is 41.2 Å². The molecule has 0 bridgehead atoms. The van der Waals surface area contributed by atoms with Crippen molar-refractivity contribution in [2.45, 2.75) is 26.8 Å². The second-order valence-electron chi connectivity index (χ2n) is 4.98. The van der Waals surface area contributed by atoms with E-state index in [9.17, 15) is 0 Å². The highest BCUT2D eigenvalue weighted by molar-refractivity contribution is 5.57. The molecule has 0 aliphatic heterocycles. The molecule has 0 saturated carbocycles. The van der Waals surface area contributed by atoms with Crippen molar-refractivity contribution < 1.29 is 4.74 Å². The number of ether oxygens (including phenoxy) is 1. The van der Waals surface area contributed by atoms with Crippen molar-refractivity contribution in [2.24, 2.45) is 0 Å². The molecule has 1 aromatic heterocycles. The first kappa shape index (κ1) is 15.1. The third-order valence-corrected chi connectivity index (χ3v) is 3.46. The number of benzene rings is 1. The zero-order valence-electron chi connectivity index (χ0n) is 13.2. The molecule has 2 N–H and O–H groups in total. The Kier molecular flexibility index (Phi) is 4.62. The maximum absolute atomic E-state index is 5.18. The van der Waals surface area contributed by atoms with E-state index in [0.717, 1.165) is 28.8 Å². The first-order valence-corrected chi connectivity index (χ1v) is 6.98. The maximum Gasteiger partial charge on any atom is 0.135 e. The number of methoxy groups -OCH3 is 1. The number of aromatic nitrogens is 2. The lowest BCUT2D eigenvalue weighted by molar-refractivity contribution is 0.414. The van der Waals surface area contributed by atoms with Gasteiger partial charge >= 0.3 is 0 Å². The molecular formula is C16H22N4O. The van der Waals surface area contributed by atoms with Gasteiger partial charge in [0.05, 0.1) is 7.11 Å². The average Bonchev–Trinajstić information content (AvgIpc) is 2.50. The molecule has 1 heterocycles. The van der Waals surface area contributed by atoms with Crippen molar-refractivity contribution >= 4 is 11.6 Å². The Bertz CT molecular complexity index is 610. The molecule has 0 saturated heterocycles. The third kappa shape index (κ3) is 3.42. The predicted octanol–water partition coefficient (Wildman–Crippen LogP) is 3.32. The molecule has 0 aliphatic rings. The van der Waals surface area contributed by atoms with Gasteiger partial charge in [-0.2, -0.15) is 0 Å². The molecule has 112 valence electrons. The summed E-state index contributed by atoms with van der Waals surface area (Å²) in [6.07, 6.45) is 0. The highest BCUT2D eigenvalue weighted by Gasteiger charge is 2.12. The summed E-state index contributed by atoms with van der Waals surface area (Å²) in [5.41, 5.74) is 2.20. The van der Waals surface area contributed by atoms with Crippen LogP contribution in [0.3, 0.4) is 0 Å². The van der Waals surface area contributed by atoms with Crippen LogP contribution in [0.15, 0.2) is 24.3 Å². The molecule has 1 atom stereocenters. The van der Waals surface area contributed by atoms with Crippen molar-refractivity contribution in [2.75, 3.05) is 24.8 Å².